The van der Waals surface area contributed by atoms with Crippen LogP contribution in [0.3, 0.4) is 0 Å². The van der Waals surface area contributed by atoms with E-state index in [1.54, 1.807) is 0 Å². The van der Waals surface area contributed by atoms with Crippen LogP contribution in [0.5, 0.6) is 11.5 Å². The van der Waals surface area contributed by atoms with Crippen LogP contribution in [-0.2, 0) is 0 Å². The van der Waals surface area contributed by atoms with Crippen molar-refractivity contribution < 1.29 is 9.47 Å². The first-order valence-corrected chi connectivity index (χ1v) is 5.35. The van der Waals surface area contributed by atoms with Crippen LogP contribution < -0.4 is 15.2 Å². The molecule has 0 bridgehead atoms. The van der Waals surface area contributed by atoms with Crippen LogP contribution in [0.2, 0.25) is 0 Å². The SMILES string of the molecule is CCCC(C)(N)C1Oc2ccccc2O1. The Bertz CT molecular complexity index is 324. The molecule has 3 heteroatoms. The number of hydrogen-bond donors (Lipinski definition) is 1. The Kier molecular flexibility index (Phi) is 2.57. The Labute approximate surface area is 90.2 Å². The number of ether oxygens (including phenoxy) is 2. The zero-order valence-corrected chi connectivity index (χ0v) is 9.19. The van der Waals surface area contributed by atoms with Crippen molar-refractivity contribution in [1.29, 1.82) is 0 Å². The van der Waals surface area contributed by atoms with Gasteiger partial charge in [0.1, 0.15) is 0 Å². The van der Waals surface area contributed by atoms with E-state index in [1.165, 1.54) is 0 Å². The maximum atomic E-state index is 6.16. The average Bonchev–Trinajstić information content (AvgIpc) is 2.61. The van der Waals surface area contributed by atoms with Gasteiger partial charge in [-0.25, -0.2) is 0 Å². The van der Waals surface area contributed by atoms with Gasteiger partial charge in [-0.2, -0.15) is 0 Å². The molecule has 0 fully saturated rings. The van der Waals surface area contributed by atoms with Crippen LogP contribution in [0.15, 0.2) is 24.3 Å². The summed E-state index contributed by atoms with van der Waals surface area (Å²) in [5.74, 6) is 1.57. The Hall–Kier alpha value is -1.22. The number of hydrogen-bond acceptors (Lipinski definition) is 3. The Balaban J connectivity index is 2.13. The second-order valence-corrected chi connectivity index (χ2v) is 4.27. The van der Waals surface area contributed by atoms with E-state index in [9.17, 15) is 0 Å². The summed E-state index contributed by atoms with van der Waals surface area (Å²) in [6.45, 7) is 4.07. The second-order valence-electron chi connectivity index (χ2n) is 4.27. The first kappa shape index (κ1) is 10.3. The zero-order valence-electron chi connectivity index (χ0n) is 9.19. The van der Waals surface area contributed by atoms with E-state index in [1.807, 2.05) is 31.2 Å². The quantitative estimate of drug-likeness (QED) is 0.827. The highest BCUT2D eigenvalue weighted by molar-refractivity contribution is 5.42. The van der Waals surface area contributed by atoms with Crippen molar-refractivity contribution in [2.24, 2.45) is 5.73 Å². The van der Waals surface area contributed by atoms with Crippen molar-refractivity contribution in [1.82, 2.24) is 0 Å². The lowest BCUT2D eigenvalue weighted by Crippen LogP contribution is -2.52. The molecule has 82 valence electrons. The average molecular weight is 207 g/mol. The summed E-state index contributed by atoms with van der Waals surface area (Å²) in [4.78, 5) is 0. The van der Waals surface area contributed by atoms with Crippen molar-refractivity contribution in [3.05, 3.63) is 24.3 Å². The smallest absolute Gasteiger partial charge is 0.258 e. The summed E-state index contributed by atoms with van der Waals surface area (Å²) in [5, 5.41) is 0. The van der Waals surface area contributed by atoms with E-state index in [0.717, 1.165) is 24.3 Å². The molecule has 0 saturated carbocycles. The van der Waals surface area contributed by atoms with Gasteiger partial charge in [0.15, 0.2) is 11.5 Å². The lowest BCUT2D eigenvalue weighted by Gasteiger charge is -2.28. The fourth-order valence-electron chi connectivity index (χ4n) is 1.83. The van der Waals surface area contributed by atoms with Gasteiger partial charge in [-0.1, -0.05) is 25.5 Å². The summed E-state index contributed by atoms with van der Waals surface area (Å²) in [6, 6.07) is 7.66. The van der Waals surface area contributed by atoms with Crippen LogP contribution in [0.1, 0.15) is 26.7 Å². The zero-order chi connectivity index (χ0) is 10.9. The molecule has 3 nitrogen and oxygen atoms in total. The molecule has 1 heterocycles. The Morgan fingerprint density at radius 2 is 1.80 bits per heavy atom. The van der Waals surface area contributed by atoms with Gasteiger partial charge in [0.05, 0.1) is 5.54 Å². The van der Waals surface area contributed by atoms with Gasteiger partial charge in [-0.3, -0.25) is 0 Å². The monoisotopic (exact) mass is 207 g/mol. The minimum Gasteiger partial charge on any atom is -0.449 e. The lowest BCUT2D eigenvalue weighted by atomic mass is 9.97. The molecule has 2 rings (SSSR count). The molecule has 0 spiro atoms. The maximum absolute atomic E-state index is 6.16. The standard InChI is InChI=1S/C12H17NO2/c1-3-8-12(2,13)11-14-9-6-4-5-7-10(9)15-11/h4-7,11H,3,8,13H2,1-2H3. The van der Waals surface area contributed by atoms with Crippen LogP contribution >= 0.6 is 0 Å². The van der Waals surface area contributed by atoms with E-state index in [-0.39, 0.29) is 6.29 Å². The molecule has 1 aromatic rings. The molecule has 0 amide bonds. The van der Waals surface area contributed by atoms with Gasteiger partial charge < -0.3 is 15.2 Å². The number of fused-ring (bicyclic) bond motifs is 1. The normalized spacial score (nSPS) is 18.9. The van der Waals surface area contributed by atoms with Crippen molar-refractivity contribution in [3.8, 4) is 11.5 Å². The predicted octanol–water partition coefficient (Wildman–Crippen LogP) is 2.30. The Morgan fingerprint density at radius 3 is 2.27 bits per heavy atom. The van der Waals surface area contributed by atoms with E-state index < -0.39 is 5.54 Å². The first-order chi connectivity index (χ1) is 7.13. The molecule has 0 radical (unpaired) electrons. The fourth-order valence-corrected chi connectivity index (χ4v) is 1.83. The lowest BCUT2D eigenvalue weighted by molar-refractivity contribution is -0.0169. The molecule has 0 aromatic heterocycles. The van der Waals surface area contributed by atoms with E-state index in [4.69, 9.17) is 15.2 Å². The van der Waals surface area contributed by atoms with E-state index >= 15 is 0 Å². The summed E-state index contributed by atoms with van der Waals surface area (Å²) < 4.78 is 11.4. The molecule has 15 heavy (non-hydrogen) atoms. The highest BCUT2D eigenvalue weighted by atomic mass is 16.7. The minimum atomic E-state index is -0.437. The number of para-hydroxylation sites is 2. The predicted molar refractivity (Wildman–Crippen MR) is 59.0 cm³/mol. The van der Waals surface area contributed by atoms with Gasteiger partial charge in [-0.15, -0.1) is 0 Å². The molecule has 1 aliphatic heterocycles. The van der Waals surface area contributed by atoms with Gasteiger partial charge in [-0.05, 0) is 25.5 Å². The third kappa shape index (κ3) is 1.92. The van der Waals surface area contributed by atoms with Crippen molar-refractivity contribution in [2.75, 3.05) is 0 Å². The van der Waals surface area contributed by atoms with E-state index in [2.05, 4.69) is 6.92 Å². The molecular weight excluding hydrogens is 190 g/mol. The summed E-state index contributed by atoms with van der Waals surface area (Å²) >= 11 is 0. The summed E-state index contributed by atoms with van der Waals surface area (Å²) in [7, 11) is 0. The molecule has 1 aliphatic rings. The number of rotatable bonds is 3. The first-order valence-electron chi connectivity index (χ1n) is 5.35. The third-order valence-corrected chi connectivity index (χ3v) is 2.64. The molecule has 0 aliphatic carbocycles. The van der Waals surface area contributed by atoms with Gasteiger partial charge >= 0.3 is 0 Å². The third-order valence-electron chi connectivity index (χ3n) is 2.64. The van der Waals surface area contributed by atoms with Crippen molar-refractivity contribution in [3.63, 3.8) is 0 Å². The largest absolute Gasteiger partial charge is 0.449 e. The van der Waals surface area contributed by atoms with Crippen LogP contribution in [0.4, 0.5) is 0 Å². The second kappa shape index (κ2) is 3.74. The number of benzene rings is 1. The van der Waals surface area contributed by atoms with Gasteiger partial charge in [0.25, 0.3) is 6.29 Å². The molecule has 1 aromatic carbocycles. The molecular formula is C12H17NO2. The highest BCUT2D eigenvalue weighted by Crippen LogP contribution is 2.37. The van der Waals surface area contributed by atoms with Crippen LogP contribution in [-0.4, -0.2) is 11.8 Å². The van der Waals surface area contributed by atoms with Gasteiger partial charge in [0.2, 0.25) is 0 Å². The Morgan fingerprint density at radius 1 is 1.27 bits per heavy atom. The molecule has 1 atom stereocenters. The molecule has 1 unspecified atom stereocenters. The summed E-state index contributed by atoms with van der Waals surface area (Å²) in [5.41, 5.74) is 5.73. The molecule has 0 saturated heterocycles. The maximum Gasteiger partial charge on any atom is 0.258 e. The van der Waals surface area contributed by atoms with Crippen LogP contribution in [0.25, 0.3) is 0 Å². The van der Waals surface area contributed by atoms with E-state index in [0.29, 0.717) is 0 Å². The highest BCUT2D eigenvalue weighted by Gasteiger charge is 2.38. The van der Waals surface area contributed by atoms with Crippen molar-refractivity contribution >= 4 is 0 Å². The van der Waals surface area contributed by atoms with Crippen molar-refractivity contribution in [2.45, 2.75) is 38.5 Å². The van der Waals surface area contributed by atoms with Crippen LogP contribution in [0, 0.1) is 0 Å². The fraction of sp³-hybridized carbons (Fsp3) is 0.500. The minimum absolute atomic E-state index is 0.366. The summed E-state index contributed by atoms with van der Waals surface area (Å²) in [6.07, 6.45) is 1.54. The van der Waals surface area contributed by atoms with Gasteiger partial charge in [0, 0.05) is 0 Å². The molecule has 2 N–H and O–H groups in total. The topological polar surface area (TPSA) is 44.5 Å². The number of nitrogens with two attached hydrogens (primary N) is 1.